The number of benzene rings is 1. The van der Waals surface area contributed by atoms with Crippen molar-refractivity contribution in [2.24, 2.45) is 5.92 Å². The molecule has 2 amide bonds. The van der Waals surface area contributed by atoms with E-state index in [1.807, 2.05) is 23.6 Å². The van der Waals surface area contributed by atoms with Crippen LogP contribution in [0.4, 0.5) is 5.13 Å². The van der Waals surface area contributed by atoms with Gasteiger partial charge in [0, 0.05) is 30.5 Å². The zero-order valence-corrected chi connectivity index (χ0v) is 16.4. The predicted molar refractivity (Wildman–Crippen MR) is 108 cm³/mol. The third-order valence-corrected chi connectivity index (χ3v) is 5.54. The molecule has 1 aromatic heterocycles. The van der Waals surface area contributed by atoms with Crippen molar-refractivity contribution in [3.63, 3.8) is 0 Å². The maximum atomic E-state index is 12.1. The molecule has 6 nitrogen and oxygen atoms in total. The molecule has 1 aromatic carbocycles. The molecule has 0 aliphatic carbocycles. The van der Waals surface area contributed by atoms with Gasteiger partial charge in [0.1, 0.15) is 0 Å². The van der Waals surface area contributed by atoms with Crippen LogP contribution < -0.4 is 10.6 Å². The Bertz CT molecular complexity index is 754. The summed E-state index contributed by atoms with van der Waals surface area (Å²) < 4.78 is 0. The number of nitrogens with one attached hydrogen (secondary N) is 2. The van der Waals surface area contributed by atoms with E-state index < -0.39 is 0 Å². The lowest BCUT2D eigenvalue weighted by Gasteiger charge is -2.29. The summed E-state index contributed by atoms with van der Waals surface area (Å²) in [5.41, 5.74) is 1.59. The quantitative estimate of drug-likeness (QED) is 0.767. The predicted octanol–water partition coefficient (Wildman–Crippen LogP) is 3.13. The van der Waals surface area contributed by atoms with E-state index in [1.54, 1.807) is 12.1 Å². The number of piperidine rings is 1. The molecule has 1 saturated heterocycles. The minimum absolute atomic E-state index is 0.143. The van der Waals surface area contributed by atoms with Crippen LogP contribution in [0.2, 0.25) is 0 Å². The van der Waals surface area contributed by atoms with Gasteiger partial charge in [-0.15, -0.1) is 11.3 Å². The fourth-order valence-electron chi connectivity index (χ4n) is 3.05. The van der Waals surface area contributed by atoms with Crippen LogP contribution in [0, 0.1) is 5.92 Å². The number of hydrogen-bond acceptors (Lipinski definition) is 5. The number of amides is 2. The number of aromatic nitrogens is 1. The summed E-state index contributed by atoms with van der Waals surface area (Å²) in [6.07, 6.45) is 2.70. The van der Waals surface area contributed by atoms with Crippen LogP contribution in [0.3, 0.4) is 0 Å². The number of hydrogen-bond donors (Lipinski definition) is 2. The molecular formula is C20H26N4O2S. The highest BCUT2D eigenvalue weighted by Crippen LogP contribution is 2.21. The standard InChI is InChI=1S/C20H26N4O2S/c1-15-8-11-24(12-9-15)13-17-14-27-20(22-17)23-18(25)7-10-21-19(26)16-5-3-2-4-6-16/h2-6,14-15H,7-13H2,1H3,(H,21,26)(H,22,23,25). The largest absolute Gasteiger partial charge is 0.352 e. The summed E-state index contributed by atoms with van der Waals surface area (Å²) in [6.45, 7) is 5.66. The normalized spacial score (nSPS) is 15.4. The van der Waals surface area contributed by atoms with E-state index in [0.717, 1.165) is 31.2 Å². The number of thiazole rings is 1. The van der Waals surface area contributed by atoms with Crippen LogP contribution >= 0.6 is 11.3 Å². The van der Waals surface area contributed by atoms with E-state index in [2.05, 4.69) is 27.4 Å². The van der Waals surface area contributed by atoms with E-state index in [4.69, 9.17) is 0 Å². The number of rotatable bonds is 7. The van der Waals surface area contributed by atoms with Crippen LogP contribution in [0.5, 0.6) is 0 Å². The smallest absolute Gasteiger partial charge is 0.251 e. The Balaban J connectivity index is 1.38. The summed E-state index contributed by atoms with van der Waals surface area (Å²) in [5.74, 6) is 0.501. The van der Waals surface area contributed by atoms with Gasteiger partial charge in [-0.1, -0.05) is 25.1 Å². The summed E-state index contributed by atoms with van der Waals surface area (Å²) in [7, 11) is 0. The molecule has 0 saturated carbocycles. The van der Waals surface area contributed by atoms with E-state index >= 15 is 0 Å². The average molecular weight is 387 g/mol. The Labute approximate surface area is 164 Å². The Morgan fingerprint density at radius 1 is 1.22 bits per heavy atom. The van der Waals surface area contributed by atoms with Crippen molar-refractivity contribution < 1.29 is 9.59 Å². The third-order valence-electron chi connectivity index (χ3n) is 4.73. The summed E-state index contributed by atoms with van der Waals surface area (Å²) >= 11 is 1.45. The molecule has 7 heteroatoms. The van der Waals surface area contributed by atoms with Gasteiger partial charge in [-0.3, -0.25) is 14.5 Å². The summed E-state index contributed by atoms with van der Waals surface area (Å²) in [5, 5.41) is 8.20. The van der Waals surface area contributed by atoms with Crippen LogP contribution in [0.1, 0.15) is 42.2 Å². The number of carbonyl (C=O) groups is 2. The molecule has 1 fully saturated rings. The van der Waals surface area contributed by atoms with Crippen molar-refractivity contribution in [3.05, 3.63) is 47.0 Å². The third kappa shape index (κ3) is 6.15. The molecule has 144 valence electrons. The number of nitrogens with zero attached hydrogens (tertiary/aromatic N) is 2. The second-order valence-corrected chi connectivity index (χ2v) is 7.88. The highest BCUT2D eigenvalue weighted by atomic mass is 32.1. The highest BCUT2D eigenvalue weighted by molar-refractivity contribution is 7.13. The molecule has 0 spiro atoms. The van der Waals surface area contributed by atoms with Gasteiger partial charge in [0.15, 0.2) is 5.13 Å². The molecule has 1 aliphatic rings. The first-order valence-corrected chi connectivity index (χ1v) is 10.3. The van der Waals surface area contributed by atoms with E-state index in [-0.39, 0.29) is 18.2 Å². The Morgan fingerprint density at radius 2 is 1.96 bits per heavy atom. The SMILES string of the molecule is CC1CCN(Cc2csc(NC(=O)CCNC(=O)c3ccccc3)n2)CC1. The topological polar surface area (TPSA) is 74.3 Å². The second kappa shape index (κ2) is 9.62. The molecular weight excluding hydrogens is 360 g/mol. The van der Waals surface area contributed by atoms with Crippen molar-refractivity contribution in [1.29, 1.82) is 0 Å². The molecule has 0 unspecified atom stereocenters. The van der Waals surface area contributed by atoms with Gasteiger partial charge in [-0.25, -0.2) is 4.98 Å². The fourth-order valence-corrected chi connectivity index (χ4v) is 3.77. The number of carbonyl (C=O) groups excluding carboxylic acids is 2. The van der Waals surface area contributed by atoms with Crippen LogP contribution in [0.15, 0.2) is 35.7 Å². The van der Waals surface area contributed by atoms with Crippen molar-refractivity contribution in [2.75, 3.05) is 25.0 Å². The second-order valence-electron chi connectivity index (χ2n) is 7.02. The number of anilines is 1. The number of likely N-dealkylation sites (tertiary alicyclic amines) is 1. The van der Waals surface area contributed by atoms with E-state index in [0.29, 0.717) is 17.2 Å². The van der Waals surface area contributed by atoms with Crippen LogP contribution in [0.25, 0.3) is 0 Å². The molecule has 2 heterocycles. The van der Waals surface area contributed by atoms with Gasteiger partial charge in [0.05, 0.1) is 5.69 Å². The van der Waals surface area contributed by atoms with Crippen LogP contribution in [-0.4, -0.2) is 41.3 Å². The zero-order chi connectivity index (χ0) is 19.1. The van der Waals surface area contributed by atoms with Gasteiger partial charge in [-0.2, -0.15) is 0 Å². The molecule has 2 aromatic rings. The van der Waals surface area contributed by atoms with Crippen molar-refractivity contribution >= 4 is 28.3 Å². The maximum absolute atomic E-state index is 12.1. The van der Waals surface area contributed by atoms with Gasteiger partial charge in [0.25, 0.3) is 5.91 Å². The lowest BCUT2D eigenvalue weighted by atomic mass is 9.99. The van der Waals surface area contributed by atoms with E-state index in [1.165, 1.54) is 24.2 Å². The molecule has 3 rings (SSSR count). The molecule has 0 radical (unpaired) electrons. The van der Waals surface area contributed by atoms with Gasteiger partial charge in [0.2, 0.25) is 5.91 Å². The lowest BCUT2D eigenvalue weighted by molar-refractivity contribution is -0.116. The van der Waals surface area contributed by atoms with Gasteiger partial charge in [-0.05, 0) is 44.0 Å². The Kier molecular flexibility index (Phi) is 6.95. The first-order valence-electron chi connectivity index (χ1n) is 9.40. The average Bonchev–Trinajstić information content (AvgIpc) is 3.11. The minimum Gasteiger partial charge on any atom is -0.352 e. The monoisotopic (exact) mass is 386 g/mol. The fraction of sp³-hybridized carbons (Fsp3) is 0.450. The van der Waals surface area contributed by atoms with E-state index in [9.17, 15) is 9.59 Å². The first-order chi connectivity index (χ1) is 13.1. The zero-order valence-electron chi connectivity index (χ0n) is 15.6. The first kappa shape index (κ1) is 19.5. The van der Waals surface area contributed by atoms with Gasteiger partial charge >= 0.3 is 0 Å². The Hall–Kier alpha value is -2.25. The van der Waals surface area contributed by atoms with Crippen molar-refractivity contribution in [1.82, 2.24) is 15.2 Å². The molecule has 0 bridgehead atoms. The van der Waals surface area contributed by atoms with Crippen molar-refractivity contribution in [2.45, 2.75) is 32.7 Å². The van der Waals surface area contributed by atoms with Gasteiger partial charge < -0.3 is 10.6 Å². The summed E-state index contributed by atoms with van der Waals surface area (Å²) in [4.78, 5) is 30.9. The molecule has 0 atom stereocenters. The minimum atomic E-state index is -0.171. The lowest BCUT2D eigenvalue weighted by Crippen LogP contribution is -2.32. The Morgan fingerprint density at radius 3 is 2.70 bits per heavy atom. The highest BCUT2D eigenvalue weighted by Gasteiger charge is 2.17. The molecule has 2 N–H and O–H groups in total. The van der Waals surface area contributed by atoms with Crippen LogP contribution in [-0.2, 0) is 11.3 Å². The maximum Gasteiger partial charge on any atom is 0.251 e. The van der Waals surface area contributed by atoms with Crippen molar-refractivity contribution in [3.8, 4) is 0 Å². The summed E-state index contributed by atoms with van der Waals surface area (Å²) in [6, 6.07) is 8.97. The molecule has 27 heavy (non-hydrogen) atoms. The molecule has 1 aliphatic heterocycles.